The SMILES string of the molecule is C=C=C(C)Cc1c(C)cccc1C.CC.CC(C)(C)C.CC[C@@H](CO)Cc1c(CC(C)(C)O)cccc1C(C)C.CS.Cl.F. The van der Waals surface area contributed by atoms with E-state index in [1.807, 2.05) is 27.7 Å². The highest BCUT2D eigenvalue weighted by molar-refractivity contribution is 7.79. The molecule has 0 heterocycles. The van der Waals surface area contributed by atoms with Crippen LogP contribution in [0.4, 0.5) is 4.70 Å². The van der Waals surface area contributed by atoms with Gasteiger partial charge in [-0.2, -0.15) is 12.6 Å². The molecule has 0 amide bonds. The van der Waals surface area contributed by atoms with E-state index < -0.39 is 5.60 Å². The van der Waals surface area contributed by atoms with Crippen molar-refractivity contribution < 1.29 is 14.9 Å². The zero-order chi connectivity index (χ0) is 33.7. The predicted molar refractivity (Wildman–Crippen MR) is 204 cm³/mol. The quantitative estimate of drug-likeness (QED) is 0.186. The van der Waals surface area contributed by atoms with Gasteiger partial charge in [0, 0.05) is 19.4 Å². The number of aliphatic hydroxyl groups is 2. The van der Waals surface area contributed by atoms with E-state index in [1.165, 1.54) is 39.0 Å². The monoisotopic (exact) mass is 656 g/mol. The number of hydrogen-bond donors (Lipinski definition) is 3. The zero-order valence-electron chi connectivity index (χ0n) is 31.0. The smallest absolute Gasteiger partial charge is 0.0632 e. The van der Waals surface area contributed by atoms with E-state index in [0.29, 0.717) is 23.7 Å². The van der Waals surface area contributed by atoms with E-state index in [2.05, 4.69) is 131 Å². The van der Waals surface area contributed by atoms with Crippen LogP contribution in [0.15, 0.2) is 54.3 Å². The van der Waals surface area contributed by atoms with Crippen molar-refractivity contribution in [2.24, 2.45) is 11.3 Å². The molecule has 2 nitrogen and oxygen atoms in total. The maximum absolute atomic E-state index is 10.1. The highest BCUT2D eigenvalue weighted by Crippen LogP contribution is 2.28. The Morgan fingerprint density at radius 3 is 1.68 bits per heavy atom. The van der Waals surface area contributed by atoms with Crippen LogP contribution < -0.4 is 0 Å². The van der Waals surface area contributed by atoms with Crippen LogP contribution >= 0.6 is 25.0 Å². The number of aryl methyl sites for hydroxylation is 2. The highest BCUT2D eigenvalue weighted by Gasteiger charge is 2.20. The van der Waals surface area contributed by atoms with Crippen LogP contribution in [0.2, 0.25) is 0 Å². The molecule has 0 saturated heterocycles. The van der Waals surface area contributed by atoms with Crippen molar-refractivity contribution in [3.05, 3.63) is 87.7 Å². The van der Waals surface area contributed by atoms with Crippen molar-refractivity contribution >= 4 is 25.0 Å². The highest BCUT2D eigenvalue weighted by atomic mass is 35.5. The first kappa shape index (κ1) is 52.0. The Labute approximate surface area is 285 Å². The van der Waals surface area contributed by atoms with Crippen molar-refractivity contribution in [1.82, 2.24) is 0 Å². The lowest BCUT2D eigenvalue weighted by Crippen LogP contribution is -2.24. The van der Waals surface area contributed by atoms with Crippen LogP contribution in [0.5, 0.6) is 0 Å². The zero-order valence-corrected chi connectivity index (χ0v) is 32.7. The molecule has 258 valence electrons. The van der Waals surface area contributed by atoms with Crippen molar-refractivity contribution in [1.29, 1.82) is 0 Å². The lowest BCUT2D eigenvalue weighted by molar-refractivity contribution is 0.0806. The lowest BCUT2D eigenvalue weighted by Gasteiger charge is -2.24. The van der Waals surface area contributed by atoms with Gasteiger partial charge in [-0.1, -0.05) is 112 Å². The molecule has 0 unspecified atom stereocenters. The van der Waals surface area contributed by atoms with Crippen LogP contribution in [0.1, 0.15) is 129 Å². The molecule has 2 aromatic carbocycles. The summed E-state index contributed by atoms with van der Waals surface area (Å²) in [6.45, 7) is 33.2. The van der Waals surface area contributed by atoms with Gasteiger partial charge in [0.2, 0.25) is 0 Å². The van der Waals surface area contributed by atoms with Crippen LogP contribution in [-0.2, 0) is 19.3 Å². The molecule has 0 spiro atoms. The molecule has 0 fully saturated rings. The second kappa shape index (κ2) is 27.7. The van der Waals surface area contributed by atoms with E-state index >= 15 is 0 Å². The number of rotatable bonds is 9. The standard InChI is InChI=1S/C18H30O2.C13H16.C5H12.C2H6.CH4S.ClH.FH/c1-6-14(12-19)10-17-15(11-18(4,5)20)8-7-9-16(17)13(2)3;1-5-10(2)9-13-11(3)7-6-8-12(13)4;1-5(2,3)4;2*1-2;;/h7-9,13-14,19-20H,6,10-12H2,1-5H3;6-8H,1,9H2,2-4H3;1-4H3;1-2H3;2H,1H3;2*1H/t14-;;;;;;/m1....../s1. The summed E-state index contributed by atoms with van der Waals surface area (Å²) in [5, 5.41) is 19.6. The van der Waals surface area contributed by atoms with Gasteiger partial charge in [0.1, 0.15) is 0 Å². The van der Waals surface area contributed by atoms with E-state index in [0.717, 1.165) is 19.3 Å². The van der Waals surface area contributed by atoms with E-state index in [-0.39, 0.29) is 23.7 Å². The molecule has 1 atom stereocenters. The molecule has 0 radical (unpaired) electrons. The normalized spacial score (nSPS) is 10.7. The van der Waals surface area contributed by atoms with E-state index in [4.69, 9.17) is 0 Å². The fourth-order valence-electron chi connectivity index (χ4n) is 4.16. The number of benzene rings is 2. The van der Waals surface area contributed by atoms with Crippen LogP contribution in [-0.4, -0.2) is 28.7 Å². The molecule has 0 aliphatic heterocycles. The molecule has 2 N–H and O–H groups in total. The Morgan fingerprint density at radius 2 is 1.34 bits per heavy atom. The van der Waals surface area contributed by atoms with Gasteiger partial charge in [0.25, 0.3) is 0 Å². The molecule has 0 saturated carbocycles. The molecule has 2 aromatic rings. The van der Waals surface area contributed by atoms with Gasteiger partial charge in [-0.15, -0.1) is 18.1 Å². The lowest BCUT2D eigenvalue weighted by atomic mass is 9.83. The van der Waals surface area contributed by atoms with Crippen molar-refractivity contribution in [3.63, 3.8) is 0 Å². The largest absolute Gasteiger partial charge is 0.396 e. The van der Waals surface area contributed by atoms with Gasteiger partial charge < -0.3 is 10.2 Å². The molecule has 0 aliphatic carbocycles. The Hall–Kier alpha value is -1.55. The van der Waals surface area contributed by atoms with E-state index in [9.17, 15) is 10.2 Å². The molecule has 2 rings (SSSR count). The fraction of sp³-hybridized carbons (Fsp3) is 0.615. The fourth-order valence-corrected chi connectivity index (χ4v) is 4.16. The maximum Gasteiger partial charge on any atom is 0.0632 e. The summed E-state index contributed by atoms with van der Waals surface area (Å²) in [4.78, 5) is 0. The number of aliphatic hydroxyl groups excluding tert-OH is 1. The Balaban J connectivity index is -0.000000182. The minimum Gasteiger partial charge on any atom is -0.396 e. The van der Waals surface area contributed by atoms with Gasteiger partial charge in [-0.25, -0.2) is 0 Å². The number of hydrogen-bond acceptors (Lipinski definition) is 3. The average molecular weight is 658 g/mol. The summed E-state index contributed by atoms with van der Waals surface area (Å²) in [5.41, 5.74) is 12.0. The summed E-state index contributed by atoms with van der Waals surface area (Å²) in [6, 6.07) is 12.8. The third-order valence-corrected chi connectivity index (χ3v) is 6.27. The second-order valence-corrected chi connectivity index (χ2v) is 13.3. The first-order chi connectivity index (χ1) is 19.4. The summed E-state index contributed by atoms with van der Waals surface area (Å²) >= 11 is 3.53. The van der Waals surface area contributed by atoms with Crippen LogP contribution in [0.25, 0.3) is 0 Å². The Kier molecular flexibility index (Phi) is 32.8. The Bertz CT molecular complexity index is 999. The summed E-state index contributed by atoms with van der Waals surface area (Å²) in [5.74, 6) is 0.762. The molecule has 0 aliphatic rings. The van der Waals surface area contributed by atoms with E-state index in [1.54, 1.807) is 6.26 Å². The predicted octanol–water partition coefficient (Wildman–Crippen LogP) is 11.5. The first-order valence-corrected chi connectivity index (χ1v) is 16.6. The second-order valence-electron chi connectivity index (χ2n) is 13.3. The van der Waals surface area contributed by atoms with Gasteiger partial charge in [0.15, 0.2) is 0 Å². The van der Waals surface area contributed by atoms with Gasteiger partial charge >= 0.3 is 0 Å². The minimum absolute atomic E-state index is 0. The summed E-state index contributed by atoms with van der Waals surface area (Å²) in [7, 11) is 0. The number of thiol groups is 1. The third-order valence-electron chi connectivity index (χ3n) is 6.27. The molecule has 0 aromatic heterocycles. The van der Waals surface area contributed by atoms with Gasteiger partial charge in [0.05, 0.1) is 5.60 Å². The van der Waals surface area contributed by atoms with Gasteiger partial charge in [-0.3, -0.25) is 4.70 Å². The minimum atomic E-state index is -0.703. The average Bonchev–Trinajstić information content (AvgIpc) is 2.90. The number of allylic oxidation sites excluding steroid dienone is 1. The molecular weight excluding hydrogens is 587 g/mol. The van der Waals surface area contributed by atoms with Crippen LogP contribution in [0, 0.1) is 25.2 Å². The third kappa shape index (κ3) is 25.7. The molecule has 44 heavy (non-hydrogen) atoms. The van der Waals surface area contributed by atoms with Gasteiger partial charge in [-0.05, 0) is 103 Å². The van der Waals surface area contributed by atoms with Crippen molar-refractivity contribution in [3.8, 4) is 0 Å². The summed E-state index contributed by atoms with van der Waals surface area (Å²) < 4.78 is 0. The number of halogens is 2. The van der Waals surface area contributed by atoms with Crippen molar-refractivity contribution in [2.45, 2.75) is 134 Å². The summed E-state index contributed by atoms with van der Waals surface area (Å²) in [6.07, 6.45) is 5.20. The Morgan fingerprint density at radius 1 is 0.909 bits per heavy atom. The topological polar surface area (TPSA) is 40.5 Å². The first-order valence-electron chi connectivity index (χ1n) is 15.7. The van der Waals surface area contributed by atoms with Crippen LogP contribution in [0.3, 0.4) is 0 Å². The van der Waals surface area contributed by atoms with Crippen molar-refractivity contribution in [2.75, 3.05) is 12.9 Å². The maximum atomic E-state index is 10.1. The molecule has 5 heteroatoms. The molecular formula is C39H70ClFO2S. The molecule has 0 bridgehead atoms.